The maximum absolute atomic E-state index is 12.0. The Morgan fingerprint density at radius 3 is 2.10 bits per heavy atom. The monoisotopic (exact) mass is 298 g/mol. The average molecular weight is 298 g/mol. The molecule has 0 saturated heterocycles. The number of carboxylic acid groups (broad SMARTS) is 1. The maximum Gasteiger partial charge on any atom is 0.329 e. The number of amides is 2. The first kappa shape index (κ1) is 17.5. The molecule has 0 unspecified atom stereocenters. The summed E-state index contributed by atoms with van der Waals surface area (Å²) in [7, 11) is 0. The summed E-state index contributed by atoms with van der Waals surface area (Å²) in [5.41, 5.74) is -1.03. The molecule has 21 heavy (non-hydrogen) atoms. The van der Waals surface area contributed by atoms with Crippen LogP contribution in [0.4, 0.5) is 0 Å². The summed E-state index contributed by atoms with van der Waals surface area (Å²) < 4.78 is 0. The predicted octanol–water partition coefficient (Wildman–Crippen LogP) is 1.54. The Morgan fingerprint density at radius 1 is 1.10 bits per heavy atom. The molecule has 0 bridgehead atoms. The van der Waals surface area contributed by atoms with Crippen LogP contribution in [0.1, 0.15) is 58.8 Å². The quantitative estimate of drug-likeness (QED) is 0.640. The van der Waals surface area contributed by atoms with Crippen LogP contribution in [0, 0.1) is 0 Å². The molecule has 2 amide bonds. The Hall–Kier alpha value is -1.59. The molecule has 1 aliphatic rings. The number of carbonyl (C=O) groups is 3. The van der Waals surface area contributed by atoms with Crippen LogP contribution in [-0.2, 0) is 14.4 Å². The van der Waals surface area contributed by atoms with Gasteiger partial charge in [0.05, 0.1) is 0 Å². The minimum Gasteiger partial charge on any atom is -0.480 e. The van der Waals surface area contributed by atoms with Gasteiger partial charge in [0.25, 0.3) is 0 Å². The van der Waals surface area contributed by atoms with Crippen molar-refractivity contribution in [1.82, 2.24) is 10.2 Å². The Kier molecular flexibility index (Phi) is 6.65. The third-order valence-electron chi connectivity index (χ3n) is 3.67. The summed E-state index contributed by atoms with van der Waals surface area (Å²) in [6.07, 6.45) is 3.84. The standard InChI is InChI=1S/C15H26N2O4/c1-3-10-17(11-4-2)13(19)7-5-6-12(18)16-15(8-9-15)14(20)21/h3-11H2,1-2H3,(H,16,18)(H,20,21). The molecule has 0 aromatic carbocycles. The fourth-order valence-electron chi connectivity index (χ4n) is 2.31. The first-order valence-electron chi connectivity index (χ1n) is 7.77. The summed E-state index contributed by atoms with van der Waals surface area (Å²) in [6, 6.07) is 0. The first-order valence-corrected chi connectivity index (χ1v) is 7.77. The number of nitrogens with zero attached hydrogens (tertiary/aromatic N) is 1. The molecule has 0 heterocycles. The smallest absolute Gasteiger partial charge is 0.329 e. The predicted molar refractivity (Wildman–Crippen MR) is 78.8 cm³/mol. The van der Waals surface area contributed by atoms with Gasteiger partial charge in [-0.25, -0.2) is 4.79 Å². The minimum absolute atomic E-state index is 0.0749. The van der Waals surface area contributed by atoms with Crippen molar-refractivity contribution in [3.63, 3.8) is 0 Å². The van der Waals surface area contributed by atoms with Gasteiger partial charge in [0.2, 0.25) is 11.8 Å². The van der Waals surface area contributed by atoms with E-state index in [1.807, 2.05) is 18.7 Å². The third kappa shape index (κ3) is 5.36. The number of aliphatic carboxylic acids is 1. The van der Waals surface area contributed by atoms with E-state index >= 15 is 0 Å². The van der Waals surface area contributed by atoms with E-state index < -0.39 is 11.5 Å². The van der Waals surface area contributed by atoms with Crippen LogP contribution in [0.5, 0.6) is 0 Å². The van der Waals surface area contributed by atoms with Crippen LogP contribution >= 0.6 is 0 Å². The summed E-state index contributed by atoms with van der Waals surface area (Å²) >= 11 is 0. The van der Waals surface area contributed by atoms with Gasteiger partial charge in [-0.15, -0.1) is 0 Å². The largest absolute Gasteiger partial charge is 0.480 e. The molecule has 6 heteroatoms. The molecule has 1 rings (SSSR count). The molecule has 0 aromatic rings. The second kappa shape index (κ2) is 8.00. The van der Waals surface area contributed by atoms with Gasteiger partial charge in [0.15, 0.2) is 0 Å². The van der Waals surface area contributed by atoms with Gasteiger partial charge in [-0.05, 0) is 32.1 Å². The molecule has 6 nitrogen and oxygen atoms in total. The van der Waals surface area contributed by atoms with Gasteiger partial charge in [-0.3, -0.25) is 9.59 Å². The van der Waals surface area contributed by atoms with Crippen molar-refractivity contribution in [3.05, 3.63) is 0 Å². The molecule has 1 fully saturated rings. The van der Waals surface area contributed by atoms with E-state index in [1.165, 1.54) is 0 Å². The second-order valence-electron chi connectivity index (χ2n) is 5.67. The summed E-state index contributed by atoms with van der Waals surface area (Å²) in [5, 5.41) is 11.5. The number of hydrogen-bond acceptors (Lipinski definition) is 3. The van der Waals surface area contributed by atoms with Gasteiger partial charge in [-0.2, -0.15) is 0 Å². The van der Waals surface area contributed by atoms with Crippen molar-refractivity contribution in [2.45, 2.75) is 64.3 Å². The number of carboxylic acids is 1. The van der Waals surface area contributed by atoms with Crippen molar-refractivity contribution in [3.8, 4) is 0 Å². The van der Waals surface area contributed by atoms with E-state index in [0.717, 1.165) is 25.9 Å². The highest BCUT2D eigenvalue weighted by Crippen LogP contribution is 2.35. The molecule has 0 aliphatic heterocycles. The average Bonchev–Trinajstić information content (AvgIpc) is 3.19. The van der Waals surface area contributed by atoms with Crippen molar-refractivity contribution in [1.29, 1.82) is 0 Å². The van der Waals surface area contributed by atoms with E-state index in [2.05, 4.69) is 5.32 Å². The van der Waals surface area contributed by atoms with Crippen LogP contribution in [-0.4, -0.2) is 46.4 Å². The molecule has 2 N–H and O–H groups in total. The number of carbonyl (C=O) groups excluding carboxylic acids is 2. The lowest BCUT2D eigenvalue weighted by Crippen LogP contribution is -2.43. The molecule has 1 aliphatic carbocycles. The number of rotatable bonds is 10. The third-order valence-corrected chi connectivity index (χ3v) is 3.67. The topological polar surface area (TPSA) is 86.7 Å². The minimum atomic E-state index is -1.03. The van der Waals surface area contributed by atoms with E-state index in [9.17, 15) is 14.4 Å². The molecule has 0 atom stereocenters. The SMILES string of the molecule is CCCN(CCC)C(=O)CCCC(=O)NC1(C(=O)O)CC1. The number of nitrogens with one attached hydrogen (secondary N) is 1. The Morgan fingerprint density at radius 2 is 1.67 bits per heavy atom. The molecule has 120 valence electrons. The second-order valence-corrected chi connectivity index (χ2v) is 5.67. The van der Waals surface area contributed by atoms with Gasteiger partial charge < -0.3 is 15.3 Å². The highest BCUT2D eigenvalue weighted by Gasteiger charge is 2.51. The summed E-state index contributed by atoms with van der Waals surface area (Å²) in [4.78, 5) is 36.5. The van der Waals surface area contributed by atoms with Crippen molar-refractivity contribution >= 4 is 17.8 Å². The Bertz CT molecular complexity index is 385. The molecule has 0 aromatic heterocycles. The Balaban J connectivity index is 2.27. The lowest BCUT2D eigenvalue weighted by atomic mass is 10.2. The zero-order chi connectivity index (χ0) is 15.9. The van der Waals surface area contributed by atoms with Gasteiger partial charge >= 0.3 is 5.97 Å². The van der Waals surface area contributed by atoms with Gasteiger partial charge in [0.1, 0.15) is 5.54 Å². The fraction of sp³-hybridized carbons (Fsp3) is 0.800. The van der Waals surface area contributed by atoms with Crippen molar-refractivity contribution < 1.29 is 19.5 Å². The zero-order valence-electron chi connectivity index (χ0n) is 13.0. The summed E-state index contributed by atoms with van der Waals surface area (Å²) in [5.74, 6) is -1.17. The number of hydrogen-bond donors (Lipinski definition) is 2. The molecular weight excluding hydrogens is 272 g/mol. The fourth-order valence-corrected chi connectivity index (χ4v) is 2.31. The zero-order valence-corrected chi connectivity index (χ0v) is 13.0. The lowest BCUT2D eigenvalue weighted by molar-refractivity contribution is -0.143. The van der Waals surface area contributed by atoms with Crippen LogP contribution in [0.25, 0.3) is 0 Å². The molecular formula is C15H26N2O4. The normalized spacial score (nSPS) is 15.3. The molecule has 0 spiro atoms. The van der Waals surface area contributed by atoms with Crippen LogP contribution < -0.4 is 5.32 Å². The molecule has 1 saturated carbocycles. The van der Waals surface area contributed by atoms with Crippen LogP contribution in [0.15, 0.2) is 0 Å². The van der Waals surface area contributed by atoms with Crippen LogP contribution in [0.3, 0.4) is 0 Å². The molecule has 0 radical (unpaired) electrons. The lowest BCUT2D eigenvalue weighted by Gasteiger charge is -2.21. The maximum atomic E-state index is 12.0. The van der Waals surface area contributed by atoms with Gasteiger partial charge in [-0.1, -0.05) is 13.8 Å². The first-order chi connectivity index (χ1) is 9.95. The van der Waals surface area contributed by atoms with Crippen LogP contribution in [0.2, 0.25) is 0 Å². The van der Waals surface area contributed by atoms with E-state index in [4.69, 9.17) is 5.11 Å². The van der Waals surface area contributed by atoms with E-state index in [0.29, 0.717) is 25.7 Å². The highest BCUT2D eigenvalue weighted by atomic mass is 16.4. The van der Waals surface area contributed by atoms with Crippen molar-refractivity contribution in [2.75, 3.05) is 13.1 Å². The summed E-state index contributed by atoms with van der Waals surface area (Å²) in [6.45, 7) is 5.57. The van der Waals surface area contributed by atoms with E-state index in [-0.39, 0.29) is 18.2 Å². The van der Waals surface area contributed by atoms with Gasteiger partial charge in [0, 0.05) is 25.9 Å². The highest BCUT2D eigenvalue weighted by molar-refractivity contribution is 5.89. The van der Waals surface area contributed by atoms with E-state index in [1.54, 1.807) is 0 Å². The Labute approximate surface area is 125 Å². The van der Waals surface area contributed by atoms with Crippen molar-refractivity contribution in [2.24, 2.45) is 0 Å².